The van der Waals surface area contributed by atoms with Crippen LogP contribution in [0.5, 0.6) is 0 Å². The first-order valence-corrected chi connectivity index (χ1v) is 5.94. The summed E-state index contributed by atoms with van der Waals surface area (Å²) in [6.07, 6.45) is 2.28. The second-order valence-corrected chi connectivity index (χ2v) is 4.28. The maximum atomic E-state index is 11.7. The van der Waals surface area contributed by atoms with Gasteiger partial charge in [-0.1, -0.05) is 17.7 Å². The van der Waals surface area contributed by atoms with Gasteiger partial charge in [0.25, 0.3) is 5.91 Å². The SMILES string of the molecule is CC(=O)CCCCNC(=O)c1ccc(C)cc1. The van der Waals surface area contributed by atoms with E-state index in [0.29, 0.717) is 18.5 Å². The van der Waals surface area contributed by atoms with Crippen LogP contribution in [0.1, 0.15) is 42.1 Å². The number of nitrogens with one attached hydrogen (secondary N) is 1. The molecule has 0 aromatic heterocycles. The summed E-state index contributed by atoms with van der Waals surface area (Å²) >= 11 is 0. The molecule has 0 atom stereocenters. The molecular weight excluding hydrogens is 214 g/mol. The largest absolute Gasteiger partial charge is 0.352 e. The molecule has 3 heteroatoms. The second-order valence-electron chi connectivity index (χ2n) is 4.28. The summed E-state index contributed by atoms with van der Waals surface area (Å²) in [5, 5.41) is 2.84. The lowest BCUT2D eigenvalue weighted by molar-refractivity contribution is -0.117. The van der Waals surface area contributed by atoms with Gasteiger partial charge in [0, 0.05) is 18.5 Å². The quantitative estimate of drug-likeness (QED) is 0.767. The summed E-state index contributed by atoms with van der Waals surface area (Å²) in [6.45, 7) is 4.20. The van der Waals surface area contributed by atoms with Crippen LogP contribution in [0, 0.1) is 6.92 Å². The van der Waals surface area contributed by atoms with Gasteiger partial charge < -0.3 is 10.1 Å². The molecule has 0 radical (unpaired) electrons. The molecule has 0 heterocycles. The van der Waals surface area contributed by atoms with Gasteiger partial charge in [-0.05, 0) is 38.8 Å². The highest BCUT2D eigenvalue weighted by Crippen LogP contribution is 2.03. The summed E-state index contributed by atoms with van der Waals surface area (Å²) in [7, 11) is 0. The average Bonchev–Trinajstić information content (AvgIpc) is 2.29. The van der Waals surface area contributed by atoms with Crippen molar-refractivity contribution in [1.29, 1.82) is 0 Å². The number of aryl methyl sites for hydroxylation is 1. The summed E-state index contributed by atoms with van der Waals surface area (Å²) < 4.78 is 0. The Labute approximate surface area is 102 Å². The van der Waals surface area contributed by atoms with Crippen molar-refractivity contribution in [2.75, 3.05) is 6.54 Å². The van der Waals surface area contributed by atoms with Crippen LogP contribution >= 0.6 is 0 Å². The van der Waals surface area contributed by atoms with E-state index in [-0.39, 0.29) is 11.7 Å². The molecule has 0 aliphatic heterocycles. The van der Waals surface area contributed by atoms with Crippen LogP contribution in [0.15, 0.2) is 24.3 Å². The first-order chi connectivity index (χ1) is 8.09. The van der Waals surface area contributed by atoms with E-state index in [1.54, 1.807) is 6.92 Å². The zero-order chi connectivity index (χ0) is 12.7. The number of ketones is 1. The highest BCUT2D eigenvalue weighted by atomic mass is 16.1. The summed E-state index contributed by atoms with van der Waals surface area (Å²) in [6, 6.07) is 7.48. The predicted octanol–water partition coefficient (Wildman–Crippen LogP) is 2.48. The third-order valence-electron chi connectivity index (χ3n) is 2.55. The molecule has 0 aliphatic rings. The fourth-order valence-electron chi connectivity index (χ4n) is 1.51. The van der Waals surface area contributed by atoms with Crippen LogP contribution in [0.25, 0.3) is 0 Å². The Morgan fingerprint density at radius 1 is 1.12 bits per heavy atom. The van der Waals surface area contributed by atoms with Crippen LogP contribution in [0.4, 0.5) is 0 Å². The van der Waals surface area contributed by atoms with Crippen molar-refractivity contribution < 1.29 is 9.59 Å². The number of hydrogen-bond donors (Lipinski definition) is 1. The molecule has 3 nitrogen and oxygen atoms in total. The number of unbranched alkanes of at least 4 members (excludes halogenated alkanes) is 1. The maximum absolute atomic E-state index is 11.7. The van der Waals surface area contributed by atoms with Crippen LogP contribution < -0.4 is 5.32 Å². The number of benzene rings is 1. The number of hydrogen-bond acceptors (Lipinski definition) is 2. The van der Waals surface area contributed by atoms with Gasteiger partial charge in [-0.25, -0.2) is 0 Å². The molecule has 1 rings (SSSR count). The lowest BCUT2D eigenvalue weighted by Gasteiger charge is -2.04. The Morgan fingerprint density at radius 2 is 1.76 bits per heavy atom. The maximum Gasteiger partial charge on any atom is 0.251 e. The van der Waals surface area contributed by atoms with E-state index < -0.39 is 0 Å². The lowest BCUT2D eigenvalue weighted by atomic mass is 10.1. The van der Waals surface area contributed by atoms with Gasteiger partial charge in [-0.15, -0.1) is 0 Å². The van der Waals surface area contributed by atoms with E-state index in [4.69, 9.17) is 0 Å². The van der Waals surface area contributed by atoms with E-state index >= 15 is 0 Å². The Kier molecular flexibility index (Phi) is 5.40. The van der Waals surface area contributed by atoms with E-state index in [0.717, 1.165) is 18.4 Å². The number of rotatable bonds is 6. The van der Waals surface area contributed by atoms with Crippen molar-refractivity contribution in [2.24, 2.45) is 0 Å². The minimum absolute atomic E-state index is 0.0483. The normalized spacial score (nSPS) is 10.0. The van der Waals surface area contributed by atoms with Crippen molar-refractivity contribution in [3.63, 3.8) is 0 Å². The molecule has 0 fully saturated rings. The lowest BCUT2D eigenvalue weighted by Crippen LogP contribution is -2.24. The van der Waals surface area contributed by atoms with Crippen LogP contribution in [0.2, 0.25) is 0 Å². The Balaban J connectivity index is 2.25. The third kappa shape index (κ3) is 5.29. The Bertz CT molecular complexity index is 382. The molecule has 17 heavy (non-hydrogen) atoms. The summed E-state index contributed by atoms with van der Waals surface area (Å²) in [5.74, 6) is 0.155. The first kappa shape index (κ1) is 13.4. The molecule has 1 N–H and O–H groups in total. The van der Waals surface area contributed by atoms with Gasteiger partial charge >= 0.3 is 0 Å². The van der Waals surface area contributed by atoms with Crippen molar-refractivity contribution >= 4 is 11.7 Å². The molecule has 92 valence electrons. The van der Waals surface area contributed by atoms with E-state index in [9.17, 15) is 9.59 Å². The fourth-order valence-corrected chi connectivity index (χ4v) is 1.51. The van der Waals surface area contributed by atoms with Gasteiger partial charge in [0.15, 0.2) is 0 Å². The average molecular weight is 233 g/mol. The Hall–Kier alpha value is -1.64. The van der Waals surface area contributed by atoms with Gasteiger partial charge in [0.05, 0.1) is 0 Å². The minimum atomic E-state index is -0.0483. The monoisotopic (exact) mass is 233 g/mol. The number of carbonyl (C=O) groups excluding carboxylic acids is 2. The van der Waals surface area contributed by atoms with Crippen molar-refractivity contribution in [3.05, 3.63) is 35.4 Å². The molecule has 0 saturated heterocycles. The van der Waals surface area contributed by atoms with Crippen LogP contribution in [-0.4, -0.2) is 18.2 Å². The number of Topliss-reactive ketones (excluding diaryl/α,β-unsaturated/α-hetero) is 1. The van der Waals surface area contributed by atoms with E-state index in [1.165, 1.54) is 0 Å². The molecule has 1 aromatic carbocycles. The number of amides is 1. The number of carbonyl (C=O) groups is 2. The van der Waals surface area contributed by atoms with Gasteiger partial charge in [-0.2, -0.15) is 0 Å². The molecule has 0 aliphatic carbocycles. The Morgan fingerprint density at radius 3 is 2.35 bits per heavy atom. The fraction of sp³-hybridized carbons (Fsp3) is 0.429. The van der Waals surface area contributed by atoms with Crippen molar-refractivity contribution in [2.45, 2.75) is 33.1 Å². The molecule has 1 aromatic rings. The zero-order valence-corrected chi connectivity index (χ0v) is 10.5. The molecule has 0 bridgehead atoms. The van der Waals surface area contributed by atoms with Crippen molar-refractivity contribution in [1.82, 2.24) is 5.32 Å². The third-order valence-corrected chi connectivity index (χ3v) is 2.55. The van der Waals surface area contributed by atoms with E-state index in [1.807, 2.05) is 31.2 Å². The van der Waals surface area contributed by atoms with Gasteiger partial charge in [-0.3, -0.25) is 4.79 Å². The highest BCUT2D eigenvalue weighted by molar-refractivity contribution is 5.94. The van der Waals surface area contributed by atoms with Crippen molar-refractivity contribution in [3.8, 4) is 0 Å². The van der Waals surface area contributed by atoms with E-state index in [2.05, 4.69) is 5.32 Å². The molecule has 0 unspecified atom stereocenters. The standard InChI is InChI=1S/C14H19NO2/c1-11-6-8-13(9-7-11)14(17)15-10-4-3-5-12(2)16/h6-9H,3-5,10H2,1-2H3,(H,15,17). The summed E-state index contributed by atoms with van der Waals surface area (Å²) in [5.41, 5.74) is 1.82. The molecule has 1 amide bonds. The predicted molar refractivity (Wildman–Crippen MR) is 68.0 cm³/mol. The zero-order valence-electron chi connectivity index (χ0n) is 10.5. The molecule has 0 spiro atoms. The first-order valence-electron chi connectivity index (χ1n) is 5.94. The topological polar surface area (TPSA) is 46.2 Å². The van der Waals surface area contributed by atoms with Crippen LogP contribution in [0.3, 0.4) is 0 Å². The minimum Gasteiger partial charge on any atom is -0.352 e. The highest BCUT2D eigenvalue weighted by Gasteiger charge is 2.03. The molecular formula is C14H19NO2. The van der Waals surface area contributed by atoms with Gasteiger partial charge in [0.1, 0.15) is 5.78 Å². The summed E-state index contributed by atoms with van der Waals surface area (Å²) in [4.78, 5) is 22.4. The smallest absolute Gasteiger partial charge is 0.251 e. The van der Waals surface area contributed by atoms with Gasteiger partial charge in [0.2, 0.25) is 0 Å². The second kappa shape index (κ2) is 6.84. The van der Waals surface area contributed by atoms with Crippen LogP contribution in [-0.2, 0) is 4.79 Å². The molecule has 0 saturated carbocycles.